The van der Waals surface area contributed by atoms with Crippen LogP contribution in [0.4, 0.5) is 0 Å². The Labute approximate surface area is 78.7 Å². The molecule has 0 aliphatic rings. The molecule has 2 aromatic heterocycles. The first-order valence-corrected chi connectivity index (χ1v) is 3.16. The van der Waals surface area contributed by atoms with Gasteiger partial charge >= 0.3 is 0 Å². The van der Waals surface area contributed by atoms with Crippen LogP contribution in [-0.4, -0.2) is 14.4 Å². The van der Waals surface area contributed by atoms with Gasteiger partial charge in [-0.15, -0.1) is 17.0 Å². The van der Waals surface area contributed by atoms with Crippen LogP contribution in [0.15, 0.2) is 35.5 Å². The standard InChI is InChI=1S/C7H5N3O.BrH/c11-6-2-4-9-7-8-3-1-5-10(6)7;/h1-5H;1H. The van der Waals surface area contributed by atoms with Gasteiger partial charge in [0, 0.05) is 24.7 Å². The first kappa shape index (κ1) is 8.86. The fourth-order valence-electron chi connectivity index (χ4n) is 0.879. The van der Waals surface area contributed by atoms with Crippen LogP contribution in [-0.2, 0) is 0 Å². The molecule has 0 aliphatic heterocycles. The lowest BCUT2D eigenvalue weighted by atomic mass is 10.6. The van der Waals surface area contributed by atoms with Gasteiger partial charge in [0.05, 0.1) is 0 Å². The quantitative estimate of drug-likeness (QED) is 0.665. The van der Waals surface area contributed by atoms with Gasteiger partial charge in [0.25, 0.3) is 5.56 Å². The van der Waals surface area contributed by atoms with E-state index in [1.807, 2.05) is 0 Å². The summed E-state index contributed by atoms with van der Waals surface area (Å²) >= 11 is 0. The van der Waals surface area contributed by atoms with Gasteiger partial charge in [0.1, 0.15) is 0 Å². The summed E-state index contributed by atoms with van der Waals surface area (Å²) < 4.78 is 1.39. The van der Waals surface area contributed by atoms with Crippen LogP contribution in [0.5, 0.6) is 0 Å². The lowest BCUT2D eigenvalue weighted by molar-refractivity contribution is 0.996. The van der Waals surface area contributed by atoms with Crippen molar-refractivity contribution in [2.75, 3.05) is 0 Å². The van der Waals surface area contributed by atoms with Crippen molar-refractivity contribution < 1.29 is 0 Å². The number of rotatable bonds is 0. The molecular weight excluding hydrogens is 222 g/mol. The summed E-state index contributed by atoms with van der Waals surface area (Å²) in [5, 5.41) is 0. The third kappa shape index (κ3) is 1.35. The SMILES string of the molecule is Br.O=c1ccnc2ncccn12. The first-order chi connectivity index (χ1) is 5.38. The maximum absolute atomic E-state index is 11.1. The molecule has 62 valence electrons. The Morgan fingerprint density at radius 2 is 2.00 bits per heavy atom. The number of nitrogens with zero attached hydrogens (tertiary/aromatic N) is 3. The molecule has 0 unspecified atom stereocenters. The van der Waals surface area contributed by atoms with E-state index in [0.29, 0.717) is 5.78 Å². The zero-order valence-electron chi connectivity index (χ0n) is 6.04. The van der Waals surface area contributed by atoms with Crippen molar-refractivity contribution in [2.24, 2.45) is 0 Å². The fourth-order valence-corrected chi connectivity index (χ4v) is 0.879. The third-order valence-corrected chi connectivity index (χ3v) is 1.37. The van der Waals surface area contributed by atoms with Gasteiger partial charge in [0.15, 0.2) is 0 Å². The Bertz CT molecular complexity index is 434. The molecule has 5 heteroatoms. The summed E-state index contributed by atoms with van der Waals surface area (Å²) in [6.45, 7) is 0. The van der Waals surface area contributed by atoms with Crippen molar-refractivity contribution in [1.82, 2.24) is 14.4 Å². The van der Waals surface area contributed by atoms with Crippen LogP contribution in [0.2, 0.25) is 0 Å². The Morgan fingerprint density at radius 3 is 2.75 bits per heavy atom. The first-order valence-electron chi connectivity index (χ1n) is 3.16. The van der Waals surface area contributed by atoms with E-state index in [9.17, 15) is 4.79 Å². The second kappa shape index (κ2) is 3.44. The summed E-state index contributed by atoms with van der Waals surface area (Å²) in [7, 11) is 0. The monoisotopic (exact) mass is 227 g/mol. The Morgan fingerprint density at radius 1 is 1.25 bits per heavy atom. The molecule has 0 aliphatic carbocycles. The number of hydrogen-bond donors (Lipinski definition) is 0. The van der Waals surface area contributed by atoms with E-state index in [0.717, 1.165) is 0 Å². The van der Waals surface area contributed by atoms with Crippen molar-refractivity contribution in [3.05, 3.63) is 41.1 Å². The predicted molar refractivity (Wildman–Crippen MR) is 49.6 cm³/mol. The van der Waals surface area contributed by atoms with Gasteiger partial charge in [-0.25, -0.2) is 9.97 Å². The molecule has 0 saturated heterocycles. The molecule has 0 N–H and O–H groups in total. The van der Waals surface area contributed by atoms with Gasteiger partial charge in [-0.05, 0) is 6.07 Å². The minimum absolute atomic E-state index is 0. The van der Waals surface area contributed by atoms with Gasteiger partial charge in [0.2, 0.25) is 5.78 Å². The number of halogens is 1. The Kier molecular flexibility index (Phi) is 2.54. The van der Waals surface area contributed by atoms with E-state index in [2.05, 4.69) is 9.97 Å². The predicted octanol–water partition coefficient (Wildman–Crippen LogP) is 0.667. The van der Waals surface area contributed by atoms with Crippen molar-refractivity contribution >= 4 is 22.8 Å². The number of fused-ring (bicyclic) bond motifs is 1. The molecule has 0 atom stereocenters. The van der Waals surface area contributed by atoms with Gasteiger partial charge in [-0.1, -0.05) is 0 Å². The zero-order valence-corrected chi connectivity index (χ0v) is 7.76. The summed E-state index contributed by atoms with van der Waals surface area (Å²) in [5.74, 6) is 0.431. The molecule has 2 rings (SSSR count). The minimum atomic E-state index is -0.108. The molecular formula is C7H6BrN3O. The highest BCUT2D eigenvalue weighted by Gasteiger charge is 1.92. The van der Waals surface area contributed by atoms with Gasteiger partial charge in [-0.3, -0.25) is 9.20 Å². The molecule has 0 saturated carbocycles. The molecule has 0 aromatic carbocycles. The summed E-state index contributed by atoms with van der Waals surface area (Å²) in [5.41, 5.74) is -0.108. The van der Waals surface area contributed by atoms with Crippen molar-refractivity contribution in [3.63, 3.8) is 0 Å². The highest BCUT2D eigenvalue weighted by atomic mass is 79.9. The van der Waals surface area contributed by atoms with E-state index in [1.165, 1.54) is 16.7 Å². The van der Waals surface area contributed by atoms with E-state index < -0.39 is 0 Å². The second-order valence-corrected chi connectivity index (χ2v) is 2.07. The molecule has 0 amide bonds. The molecule has 2 aromatic rings. The largest absolute Gasteiger partial charge is 0.269 e. The Hall–Kier alpha value is -1.23. The molecule has 2 heterocycles. The van der Waals surface area contributed by atoms with E-state index >= 15 is 0 Å². The molecule has 0 bridgehead atoms. The van der Waals surface area contributed by atoms with Crippen LogP contribution in [0.25, 0.3) is 5.78 Å². The molecule has 0 fully saturated rings. The van der Waals surface area contributed by atoms with E-state index in [4.69, 9.17) is 0 Å². The maximum Gasteiger partial charge on any atom is 0.258 e. The number of aromatic nitrogens is 3. The lowest BCUT2D eigenvalue weighted by Crippen LogP contribution is -2.12. The van der Waals surface area contributed by atoms with Gasteiger partial charge < -0.3 is 0 Å². The molecule has 12 heavy (non-hydrogen) atoms. The lowest BCUT2D eigenvalue weighted by Gasteiger charge is -1.93. The van der Waals surface area contributed by atoms with Crippen molar-refractivity contribution in [3.8, 4) is 0 Å². The summed E-state index contributed by atoms with van der Waals surface area (Å²) in [6, 6.07) is 3.09. The molecule has 4 nitrogen and oxygen atoms in total. The van der Waals surface area contributed by atoms with Crippen LogP contribution in [0.3, 0.4) is 0 Å². The molecule has 0 spiro atoms. The van der Waals surface area contributed by atoms with Crippen LogP contribution < -0.4 is 5.56 Å². The van der Waals surface area contributed by atoms with Crippen molar-refractivity contribution in [2.45, 2.75) is 0 Å². The average Bonchev–Trinajstić information content (AvgIpc) is 2.06. The highest BCUT2D eigenvalue weighted by Crippen LogP contribution is 1.86. The molecule has 0 radical (unpaired) electrons. The van der Waals surface area contributed by atoms with Crippen LogP contribution >= 0.6 is 17.0 Å². The van der Waals surface area contributed by atoms with Crippen LogP contribution in [0.1, 0.15) is 0 Å². The summed E-state index contributed by atoms with van der Waals surface area (Å²) in [6.07, 6.45) is 4.68. The smallest absolute Gasteiger partial charge is 0.258 e. The van der Waals surface area contributed by atoms with Crippen molar-refractivity contribution in [1.29, 1.82) is 0 Å². The maximum atomic E-state index is 11.1. The zero-order chi connectivity index (χ0) is 7.68. The van der Waals surface area contributed by atoms with Gasteiger partial charge in [-0.2, -0.15) is 0 Å². The van der Waals surface area contributed by atoms with E-state index in [1.54, 1.807) is 18.5 Å². The van der Waals surface area contributed by atoms with E-state index in [-0.39, 0.29) is 22.5 Å². The highest BCUT2D eigenvalue weighted by molar-refractivity contribution is 8.93. The topological polar surface area (TPSA) is 47.3 Å². The number of hydrogen-bond acceptors (Lipinski definition) is 3. The Balaban J connectivity index is 0.000000720. The fraction of sp³-hybridized carbons (Fsp3) is 0. The second-order valence-electron chi connectivity index (χ2n) is 2.07. The average molecular weight is 228 g/mol. The summed E-state index contributed by atoms with van der Waals surface area (Å²) in [4.78, 5) is 18.8. The normalized spacial score (nSPS) is 9.33. The van der Waals surface area contributed by atoms with Crippen LogP contribution in [0, 0.1) is 0 Å². The third-order valence-electron chi connectivity index (χ3n) is 1.37. The minimum Gasteiger partial charge on any atom is -0.269 e.